The fourth-order valence-corrected chi connectivity index (χ4v) is 17.8. The van der Waals surface area contributed by atoms with Crippen LogP contribution in [-0.4, -0.2) is 33.5 Å². The molecule has 0 bridgehead atoms. The van der Waals surface area contributed by atoms with E-state index in [-0.39, 0.29) is 7.92 Å². The van der Waals surface area contributed by atoms with Crippen molar-refractivity contribution in [2.24, 2.45) is 0 Å². The van der Waals surface area contributed by atoms with Crippen molar-refractivity contribution in [1.82, 2.24) is 4.57 Å². The van der Waals surface area contributed by atoms with Crippen LogP contribution in [0.4, 0.5) is 0 Å². The van der Waals surface area contributed by atoms with Crippen LogP contribution in [0.1, 0.15) is 128 Å². The Bertz CT molecular complexity index is 1020. The van der Waals surface area contributed by atoms with Crippen molar-refractivity contribution >= 4 is 31.8 Å². The van der Waals surface area contributed by atoms with Crippen molar-refractivity contribution in [3.63, 3.8) is 0 Å². The first kappa shape index (κ1) is 27.4. The first-order chi connectivity index (χ1) is 18.8. The minimum atomic E-state index is -1.53. The third-order valence-corrected chi connectivity index (χ3v) is 19.4. The highest BCUT2D eigenvalue weighted by atomic mass is 31.2. The smallest absolute Gasteiger partial charge is 0.0532 e. The summed E-state index contributed by atoms with van der Waals surface area (Å²) in [6.07, 6.45) is 36.9. The monoisotopic (exact) mass is 549 g/mol. The zero-order valence-electron chi connectivity index (χ0n) is 24.0. The molecule has 4 aliphatic rings. The maximum atomic E-state index is 5.41. The second kappa shape index (κ2) is 12.8. The van der Waals surface area contributed by atoms with E-state index in [0.717, 1.165) is 22.6 Å². The van der Waals surface area contributed by atoms with Gasteiger partial charge in [-0.3, -0.25) is 0 Å². The summed E-state index contributed by atoms with van der Waals surface area (Å²) in [5.41, 5.74) is 6.82. The SMILES string of the molecule is C=P(c1ccccc1-n1cccc1P(C1CCCCC1)C1CCCCC1)(C1CCCCC1)C1CCCCC1. The zero-order chi connectivity index (χ0) is 25.8. The van der Waals surface area contributed by atoms with E-state index in [9.17, 15) is 0 Å². The molecule has 0 aliphatic heterocycles. The molecule has 0 atom stereocenters. The molecule has 4 fully saturated rings. The predicted molar refractivity (Wildman–Crippen MR) is 173 cm³/mol. The van der Waals surface area contributed by atoms with Crippen LogP contribution >= 0.6 is 14.8 Å². The molecule has 38 heavy (non-hydrogen) atoms. The standard InChI is InChI=1S/C35H53NP2/c1-38(31-21-10-4-11-22-31,32-23-12-5-13-24-32)34-26-15-14-25-33(34)36-28-16-27-35(36)37(29-17-6-2-7-18-29)30-19-8-3-9-20-30/h14-16,25-32H,1-13,17-24H2. The van der Waals surface area contributed by atoms with Gasteiger partial charge in [0, 0.05) is 11.6 Å². The predicted octanol–water partition coefficient (Wildman–Crippen LogP) is 9.99. The molecule has 1 nitrogen and oxygen atoms in total. The number of hydrogen-bond donors (Lipinski definition) is 0. The van der Waals surface area contributed by atoms with Crippen molar-refractivity contribution < 1.29 is 0 Å². The summed E-state index contributed by atoms with van der Waals surface area (Å²) in [6.45, 7) is -1.53. The van der Waals surface area contributed by atoms with E-state index in [0.29, 0.717) is 0 Å². The van der Waals surface area contributed by atoms with E-state index in [2.05, 4.69) is 47.2 Å². The molecule has 0 saturated heterocycles. The highest BCUT2D eigenvalue weighted by Gasteiger charge is 2.39. The first-order valence-electron chi connectivity index (χ1n) is 16.6. The van der Waals surface area contributed by atoms with E-state index < -0.39 is 6.89 Å². The van der Waals surface area contributed by atoms with E-state index >= 15 is 0 Å². The normalized spacial score (nSPS) is 23.7. The summed E-state index contributed by atoms with van der Waals surface area (Å²) in [6, 6.07) is 14.7. The molecule has 0 spiro atoms. The molecule has 208 valence electrons. The highest BCUT2D eigenvalue weighted by molar-refractivity contribution is 7.82. The second-order valence-electron chi connectivity index (χ2n) is 13.2. The third kappa shape index (κ3) is 5.55. The van der Waals surface area contributed by atoms with Gasteiger partial charge in [0.2, 0.25) is 0 Å². The molecule has 0 N–H and O–H groups in total. The zero-order valence-corrected chi connectivity index (χ0v) is 25.8. The van der Waals surface area contributed by atoms with Crippen LogP contribution in [0.2, 0.25) is 0 Å². The molecule has 0 unspecified atom stereocenters. The Morgan fingerprint density at radius 3 is 1.58 bits per heavy atom. The number of aromatic nitrogens is 1. The van der Waals surface area contributed by atoms with E-state index in [1.165, 1.54) is 134 Å². The van der Waals surface area contributed by atoms with E-state index in [1.54, 1.807) is 10.7 Å². The third-order valence-electron chi connectivity index (χ3n) is 11.0. The van der Waals surface area contributed by atoms with Gasteiger partial charge in [0.15, 0.2) is 0 Å². The van der Waals surface area contributed by atoms with Crippen LogP contribution in [0.25, 0.3) is 5.69 Å². The van der Waals surface area contributed by atoms with E-state index in [1.807, 2.05) is 0 Å². The van der Waals surface area contributed by atoms with Gasteiger partial charge >= 0.3 is 0 Å². The highest BCUT2D eigenvalue weighted by Crippen LogP contribution is 2.62. The minimum absolute atomic E-state index is 0.122. The molecule has 6 rings (SSSR count). The van der Waals surface area contributed by atoms with Crippen LogP contribution in [0.15, 0.2) is 42.6 Å². The fourth-order valence-electron chi connectivity index (χ4n) is 8.97. The molecule has 4 aliphatic carbocycles. The molecule has 3 heteroatoms. The van der Waals surface area contributed by atoms with Crippen molar-refractivity contribution in [3.8, 4) is 5.69 Å². The van der Waals surface area contributed by atoms with Crippen LogP contribution in [0.3, 0.4) is 0 Å². The first-order valence-corrected chi connectivity index (χ1v) is 20.1. The molecule has 2 aromatic rings. The van der Waals surface area contributed by atoms with Crippen LogP contribution in [0.5, 0.6) is 0 Å². The van der Waals surface area contributed by atoms with Crippen LogP contribution < -0.4 is 10.7 Å². The second-order valence-corrected chi connectivity index (χ2v) is 19.8. The number of rotatable bonds is 7. The van der Waals surface area contributed by atoms with Gasteiger partial charge in [-0.2, -0.15) is 0 Å². The van der Waals surface area contributed by atoms with E-state index in [4.69, 9.17) is 6.30 Å². The maximum absolute atomic E-state index is 5.41. The van der Waals surface area contributed by atoms with Crippen molar-refractivity contribution in [2.45, 2.75) is 151 Å². The van der Waals surface area contributed by atoms with Gasteiger partial charge in [-0.25, -0.2) is 0 Å². The largest absolute Gasteiger partial charge is 0.316 e. The Balaban J connectivity index is 1.44. The lowest BCUT2D eigenvalue weighted by Crippen LogP contribution is -2.34. The van der Waals surface area contributed by atoms with Crippen LogP contribution in [-0.2, 0) is 0 Å². The molecule has 1 heterocycles. The Hall–Kier alpha value is -0.770. The van der Waals surface area contributed by atoms with Crippen molar-refractivity contribution in [2.75, 3.05) is 0 Å². The molecular formula is C35H53NP2. The maximum Gasteiger partial charge on any atom is 0.0532 e. The average molecular weight is 550 g/mol. The van der Waals surface area contributed by atoms with Crippen molar-refractivity contribution in [3.05, 3.63) is 42.6 Å². The van der Waals surface area contributed by atoms with Gasteiger partial charge in [0.25, 0.3) is 0 Å². The molecule has 1 aromatic carbocycles. The number of nitrogens with zero attached hydrogens (tertiary/aromatic N) is 1. The Morgan fingerprint density at radius 2 is 1.05 bits per heavy atom. The lowest BCUT2D eigenvalue weighted by atomic mass is 9.99. The quantitative estimate of drug-likeness (QED) is 0.303. The molecule has 0 amide bonds. The van der Waals surface area contributed by atoms with Crippen LogP contribution in [0, 0.1) is 0 Å². The van der Waals surface area contributed by atoms with Gasteiger partial charge in [-0.15, -0.1) is 0 Å². The minimum Gasteiger partial charge on any atom is -0.316 e. The molecule has 0 radical (unpaired) electrons. The Kier molecular flexibility index (Phi) is 9.24. The number of para-hydroxylation sites is 1. The van der Waals surface area contributed by atoms with Gasteiger partial charge in [0.05, 0.1) is 5.69 Å². The lowest BCUT2D eigenvalue weighted by molar-refractivity contribution is 0.485. The summed E-state index contributed by atoms with van der Waals surface area (Å²) >= 11 is 0. The Labute approximate surface area is 235 Å². The summed E-state index contributed by atoms with van der Waals surface area (Å²) in [4.78, 5) is 0. The summed E-state index contributed by atoms with van der Waals surface area (Å²) in [7, 11) is -0.122. The van der Waals surface area contributed by atoms with Gasteiger partial charge < -0.3 is 4.57 Å². The summed E-state index contributed by atoms with van der Waals surface area (Å²) < 4.78 is 2.75. The van der Waals surface area contributed by atoms with Gasteiger partial charge in [-0.05, 0) is 97.5 Å². The van der Waals surface area contributed by atoms with Gasteiger partial charge in [0.1, 0.15) is 0 Å². The summed E-state index contributed by atoms with van der Waals surface area (Å²) in [5.74, 6) is 0. The van der Waals surface area contributed by atoms with Crippen molar-refractivity contribution in [1.29, 1.82) is 0 Å². The molecular weight excluding hydrogens is 496 g/mol. The van der Waals surface area contributed by atoms with Gasteiger partial charge in [-0.1, -0.05) is 116 Å². The number of hydrogen-bond acceptors (Lipinski definition) is 0. The lowest BCUT2D eigenvalue weighted by Gasteiger charge is -2.45. The fraction of sp³-hybridized carbons (Fsp3) is 0.686. The number of benzene rings is 1. The Morgan fingerprint density at radius 1 is 0.579 bits per heavy atom. The topological polar surface area (TPSA) is 4.93 Å². The average Bonchev–Trinajstić information content (AvgIpc) is 3.48. The summed E-state index contributed by atoms with van der Waals surface area (Å²) in [5, 5.41) is 1.69. The molecule has 4 saturated carbocycles. The molecule has 1 aromatic heterocycles.